The maximum absolute atomic E-state index is 12.9. The van der Waals surface area contributed by atoms with E-state index in [-0.39, 0.29) is 16.7 Å². The molecule has 3 aromatic rings. The number of anilines is 1. The first-order chi connectivity index (χ1) is 13.2. The largest absolute Gasteiger partial charge is 0.306 e. The van der Waals surface area contributed by atoms with Gasteiger partial charge in [0.15, 0.2) is 0 Å². The minimum atomic E-state index is -0.488. The normalized spacial score (nSPS) is 11.3. The summed E-state index contributed by atoms with van der Waals surface area (Å²) in [7, 11) is 0. The van der Waals surface area contributed by atoms with E-state index in [9.17, 15) is 14.9 Å². The van der Waals surface area contributed by atoms with E-state index in [2.05, 4.69) is 10.4 Å². The van der Waals surface area contributed by atoms with Crippen LogP contribution in [0, 0.1) is 17.0 Å². The van der Waals surface area contributed by atoms with Crippen LogP contribution in [-0.2, 0) is 5.41 Å². The fourth-order valence-electron chi connectivity index (χ4n) is 2.85. The number of hydrogen-bond acceptors (Lipinski definition) is 4. The van der Waals surface area contributed by atoms with Gasteiger partial charge in [0, 0.05) is 28.7 Å². The molecular formula is C21H22N4O3. The van der Waals surface area contributed by atoms with Gasteiger partial charge >= 0.3 is 0 Å². The second-order valence-electron chi connectivity index (χ2n) is 7.57. The number of nitrogens with zero attached hydrogens (tertiary/aromatic N) is 3. The number of aromatic nitrogens is 2. The summed E-state index contributed by atoms with van der Waals surface area (Å²) in [5.74, 6) is 0.0887. The van der Waals surface area contributed by atoms with Gasteiger partial charge in [0.05, 0.1) is 16.3 Å². The Bertz CT molecular complexity index is 1030. The molecule has 0 fully saturated rings. The van der Waals surface area contributed by atoms with Crippen LogP contribution in [0.25, 0.3) is 5.69 Å². The summed E-state index contributed by atoms with van der Waals surface area (Å²) in [6.07, 6.45) is 0. The number of hydrogen-bond donors (Lipinski definition) is 1. The van der Waals surface area contributed by atoms with Gasteiger partial charge in [-0.15, -0.1) is 0 Å². The molecule has 3 rings (SSSR count). The lowest BCUT2D eigenvalue weighted by Gasteiger charge is -2.14. The van der Waals surface area contributed by atoms with Crippen LogP contribution in [-0.4, -0.2) is 20.6 Å². The average molecular weight is 378 g/mol. The van der Waals surface area contributed by atoms with Gasteiger partial charge in [0.1, 0.15) is 5.82 Å². The molecule has 28 heavy (non-hydrogen) atoms. The molecule has 0 bridgehead atoms. The maximum atomic E-state index is 12.9. The van der Waals surface area contributed by atoms with E-state index >= 15 is 0 Å². The van der Waals surface area contributed by atoms with E-state index in [1.807, 2.05) is 57.2 Å². The number of nitro groups is 1. The smallest absolute Gasteiger partial charge is 0.273 e. The molecular weight excluding hydrogens is 356 g/mol. The van der Waals surface area contributed by atoms with E-state index in [1.165, 1.54) is 12.1 Å². The van der Waals surface area contributed by atoms with Crippen molar-refractivity contribution in [2.24, 2.45) is 0 Å². The summed E-state index contributed by atoms with van der Waals surface area (Å²) in [6.45, 7) is 7.70. The molecule has 1 heterocycles. The molecule has 7 nitrogen and oxygen atoms in total. The van der Waals surface area contributed by atoms with E-state index in [0.717, 1.165) is 11.4 Å². The van der Waals surface area contributed by atoms with Gasteiger partial charge in [-0.1, -0.05) is 45.0 Å². The molecule has 0 radical (unpaired) electrons. The number of benzene rings is 2. The molecule has 1 aromatic heterocycles. The van der Waals surface area contributed by atoms with Gasteiger partial charge in [0.2, 0.25) is 0 Å². The van der Waals surface area contributed by atoms with Crippen LogP contribution >= 0.6 is 0 Å². The molecule has 0 spiro atoms. The van der Waals surface area contributed by atoms with Crippen molar-refractivity contribution in [1.82, 2.24) is 9.78 Å². The summed E-state index contributed by atoms with van der Waals surface area (Å²) in [4.78, 5) is 23.6. The lowest BCUT2D eigenvalue weighted by Crippen LogP contribution is -2.16. The van der Waals surface area contributed by atoms with Crippen LogP contribution in [0.2, 0.25) is 0 Å². The summed E-state index contributed by atoms with van der Waals surface area (Å²) in [5.41, 5.74) is 1.92. The zero-order valence-electron chi connectivity index (χ0n) is 16.3. The van der Waals surface area contributed by atoms with Crippen molar-refractivity contribution >= 4 is 17.4 Å². The Morgan fingerprint density at radius 1 is 1.11 bits per heavy atom. The molecule has 2 aromatic carbocycles. The highest BCUT2D eigenvalue weighted by atomic mass is 16.6. The number of para-hydroxylation sites is 1. The van der Waals surface area contributed by atoms with Crippen LogP contribution < -0.4 is 5.32 Å². The lowest BCUT2D eigenvalue weighted by atomic mass is 9.92. The molecule has 0 aliphatic heterocycles. The molecule has 0 unspecified atom stereocenters. The van der Waals surface area contributed by atoms with Crippen LogP contribution in [0.3, 0.4) is 0 Å². The second kappa shape index (κ2) is 7.26. The van der Waals surface area contributed by atoms with Crippen LogP contribution in [0.4, 0.5) is 11.5 Å². The molecule has 1 amide bonds. The van der Waals surface area contributed by atoms with E-state index in [4.69, 9.17) is 0 Å². The Morgan fingerprint density at radius 2 is 1.79 bits per heavy atom. The summed E-state index contributed by atoms with van der Waals surface area (Å²) in [5, 5.41) is 18.7. The predicted molar refractivity (Wildman–Crippen MR) is 108 cm³/mol. The topological polar surface area (TPSA) is 90.1 Å². The van der Waals surface area contributed by atoms with Crippen molar-refractivity contribution < 1.29 is 9.72 Å². The molecule has 0 atom stereocenters. The van der Waals surface area contributed by atoms with Crippen molar-refractivity contribution in [3.63, 3.8) is 0 Å². The van der Waals surface area contributed by atoms with Crippen LogP contribution in [0.1, 0.15) is 42.4 Å². The average Bonchev–Trinajstić information content (AvgIpc) is 3.06. The Morgan fingerprint density at radius 3 is 2.39 bits per heavy atom. The Labute approximate surface area is 163 Å². The molecule has 0 saturated carbocycles. The molecule has 1 N–H and O–H groups in total. The van der Waals surface area contributed by atoms with E-state index in [0.29, 0.717) is 11.4 Å². The first kappa shape index (κ1) is 19.3. The third-order valence-corrected chi connectivity index (χ3v) is 4.47. The predicted octanol–water partition coefficient (Wildman–Crippen LogP) is 4.64. The van der Waals surface area contributed by atoms with Crippen LogP contribution in [0.5, 0.6) is 0 Å². The number of rotatable bonds is 4. The standard InChI is InChI=1S/C21H22N4O3/c1-14-16(11-8-12-17(14)25(27)28)20(26)22-19-13-18(21(2,3)4)23-24(19)15-9-6-5-7-10-15/h5-13H,1-4H3,(H,22,26). The minimum Gasteiger partial charge on any atom is -0.306 e. The monoisotopic (exact) mass is 378 g/mol. The van der Waals surface area contributed by atoms with Gasteiger partial charge in [-0.3, -0.25) is 14.9 Å². The van der Waals surface area contributed by atoms with Gasteiger partial charge in [-0.2, -0.15) is 5.10 Å². The quantitative estimate of drug-likeness (QED) is 0.529. The number of carbonyl (C=O) groups excluding carboxylic acids is 1. The zero-order chi connectivity index (χ0) is 20.5. The SMILES string of the molecule is Cc1c(C(=O)Nc2cc(C(C)(C)C)nn2-c2ccccc2)cccc1[N+](=O)[O-]. The summed E-state index contributed by atoms with van der Waals surface area (Å²) in [6, 6.07) is 15.8. The third-order valence-electron chi connectivity index (χ3n) is 4.47. The Balaban J connectivity index is 2.03. The first-order valence-corrected chi connectivity index (χ1v) is 8.90. The Kier molecular flexibility index (Phi) is 5.00. The molecule has 144 valence electrons. The molecule has 7 heteroatoms. The van der Waals surface area contributed by atoms with Gasteiger partial charge in [-0.05, 0) is 25.1 Å². The maximum Gasteiger partial charge on any atom is 0.273 e. The van der Waals surface area contributed by atoms with Gasteiger partial charge < -0.3 is 5.32 Å². The highest BCUT2D eigenvalue weighted by Crippen LogP contribution is 2.27. The third kappa shape index (κ3) is 3.78. The highest BCUT2D eigenvalue weighted by Gasteiger charge is 2.23. The minimum absolute atomic E-state index is 0.0837. The lowest BCUT2D eigenvalue weighted by molar-refractivity contribution is -0.385. The molecule has 0 saturated heterocycles. The number of carbonyl (C=O) groups is 1. The van der Waals surface area contributed by atoms with Crippen molar-refractivity contribution in [2.75, 3.05) is 5.32 Å². The number of nitro benzene ring substituents is 1. The second-order valence-corrected chi connectivity index (χ2v) is 7.57. The van der Waals surface area contributed by atoms with E-state index < -0.39 is 10.8 Å². The Hall–Kier alpha value is -3.48. The molecule has 0 aliphatic rings. The molecule has 0 aliphatic carbocycles. The van der Waals surface area contributed by atoms with Crippen molar-refractivity contribution in [3.05, 3.63) is 81.5 Å². The zero-order valence-corrected chi connectivity index (χ0v) is 16.3. The summed E-state index contributed by atoms with van der Waals surface area (Å²) >= 11 is 0. The fourth-order valence-corrected chi connectivity index (χ4v) is 2.85. The van der Waals surface area contributed by atoms with E-state index in [1.54, 1.807) is 17.7 Å². The number of amides is 1. The fraction of sp³-hybridized carbons (Fsp3) is 0.238. The van der Waals surface area contributed by atoms with Crippen molar-refractivity contribution in [2.45, 2.75) is 33.1 Å². The van der Waals surface area contributed by atoms with Crippen molar-refractivity contribution in [1.29, 1.82) is 0 Å². The first-order valence-electron chi connectivity index (χ1n) is 8.90. The number of nitrogens with one attached hydrogen (secondary N) is 1. The van der Waals surface area contributed by atoms with Gasteiger partial charge in [-0.25, -0.2) is 4.68 Å². The van der Waals surface area contributed by atoms with Gasteiger partial charge in [0.25, 0.3) is 11.6 Å². The highest BCUT2D eigenvalue weighted by molar-refractivity contribution is 6.05. The summed E-state index contributed by atoms with van der Waals surface area (Å²) < 4.78 is 1.67. The van der Waals surface area contributed by atoms with Crippen molar-refractivity contribution in [3.8, 4) is 5.69 Å². The van der Waals surface area contributed by atoms with Crippen LogP contribution in [0.15, 0.2) is 54.6 Å².